The fourth-order valence-electron chi connectivity index (χ4n) is 3.89. The smallest absolute Gasteiger partial charge is 0.218 e. The van der Waals surface area contributed by atoms with Gasteiger partial charge in [0.1, 0.15) is 48.8 Å². The zero-order chi connectivity index (χ0) is 23.1. The van der Waals surface area contributed by atoms with Crippen molar-refractivity contribution in [2.24, 2.45) is 0 Å². The van der Waals surface area contributed by atoms with E-state index in [1.165, 1.54) is 6.92 Å². The third kappa shape index (κ3) is 5.69. The van der Waals surface area contributed by atoms with E-state index in [-0.39, 0.29) is 6.61 Å². The largest absolute Gasteiger partial charge is 0.726 e. The highest BCUT2D eigenvalue weighted by molar-refractivity contribution is 7.81. The van der Waals surface area contributed by atoms with Gasteiger partial charge in [0.2, 0.25) is 20.8 Å². The SMILES string of the molecule is CO[C@@H]1C(O)[C@H](O[C@H]2C3COC2[C@H](OS(=O)(=O)[O-])[C@@H](C)O3)OC(CO)[C@@H]1OS(=O)(=O)[O-]. The predicted octanol–water partition coefficient (Wildman–Crippen LogP) is -3.66. The van der Waals surface area contributed by atoms with E-state index < -0.39 is 88.6 Å². The molecule has 17 heteroatoms. The van der Waals surface area contributed by atoms with Gasteiger partial charge < -0.3 is 43.0 Å². The quantitative estimate of drug-likeness (QED) is 0.245. The Balaban J connectivity index is 1.79. The molecule has 3 aliphatic rings. The number of rotatable bonds is 8. The van der Waals surface area contributed by atoms with Gasteiger partial charge in [0.15, 0.2) is 6.29 Å². The van der Waals surface area contributed by atoms with Gasteiger partial charge in [-0.2, -0.15) is 0 Å². The molecule has 3 rings (SSSR count). The Kier molecular flexibility index (Phi) is 7.58. The number of aliphatic hydroxyl groups excluding tert-OH is 2. The van der Waals surface area contributed by atoms with E-state index in [1.54, 1.807) is 0 Å². The van der Waals surface area contributed by atoms with Crippen LogP contribution < -0.4 is 0 Å². The summed E-state index contributed by atoms with van der Waals surface area (Å²) < 4.78 is 102. The molecule has 3 aliphatic heterocycles. The molecule has 3 heterocycles. The molecule has 31 heavy (non-hydrogen) atoms. The first-order valence-corrected chi connectivity index (χ1v) is 11.7. The van der Waals surface area contributed by atoms with Gasteiger partial charge in [-0.05, 0) is 6.92 Å². The number of aliphatic hydroxyl groups is 2. The van der Waals surface area contributed by atoms with Crippen LogP contribution in [0, 0.1) is 0 Å². The monoisotopic (exact) mass is 494 g/mol. The summed E-state index contributed by atoms with van der Waals surface area (Å²) in [7, 11) is -9.24. The summed E-state index contributed by atoms with van der Waals surface area (Å²) >= 11 is 0. The molecular weight excluding hydrogens is 472 g/mol. The highest BCUT2D eigenvalue weighted by Gasteiger charge is 2.55. The van der Waals surface area contributed by atoms with Crippen molar-refractivity contribution in [1.82, 2.24) is 0 Å². The van der Waals surface area contributed by atoms with Gasteiger partial charge >= 0.3 is 0 Å². The van der Waals surface area contributed by atoms with Crippen LogP contribution in [0.25, 0.3) is 0 Å². The van der Waals surface area contributed by atoms with Gasteiger partial charge in [-0.1, -0.05) is 0 Å². The first kappa shape index (κ1) is 25.1. The number of fused-ring (bicyclic) bond motifs is 2. The Morgan fingerprint density at radius 2 is 1.61 bits per heavy atom. The van der Waals surface area contributed by atoms with Crippen LogP contribution in [0.3, 0.4) is 0 Å². The van der Waals surface area contributed by atoms with Crippen molar-refractivity contribution >= 4 is 20.8 Å². The normalized spacial score (nSPS) is 43.8. The van der Waals surface area contributed by atoms with Crippen LogP contribution in [0.1, 0.15) is 6.92 Å². The van der Waals surface area contributed by atoms with Gasteiger partial charge in [-0.15, -0.1) is 0 Å². The molecule has 0 spiro atoms. The molecule has 0 saturated carbocycles. The summed E-state index contributed by atoms with van der Waals surface area (Å²) in [6.07, 6.45) is -12.9. The molecule has 0 aromatic rings. The van der Waals surface area contributed by atoms with E-state index in [9.17, 15) is 36.2 Å². The molecule has 3 saturated heterocycles. The molecule has 2 bridgehead atoms. The second-order valence-corrected chi connectivity index (χ2v) is 9.15. The predicted molar refractivity (Wildman–Crippen MR) is 90.6 cm³/mol. The average molecular weight is 494 g/mol. The summed E-state index contributed by atoms with van der Waals surface area (Å²) in [5.41, 5.74) is 0. The Morgan fingerprint density at radius 1 is 1.00 bits per heavy atom. The first-order valence-electron chi connectivity index (χ1n) is 9.02. The lowest BCUT2D eigenvalue weighted by Gasteiger charge is -2.45. The van der Waals surface area contributed by atoms with Crippen LogP contribution in [0.2, 0.25) is 0 Å². The lowest BCUT2D eigenvalue weighted by atomic mass is 9.97. The average Bonchev–Trinajstić information content (AvgIpc) is 2.94. The third-order valence-electron chi connectivity index (χ3n) is 5.13. The second kappa shape index (κ2) is 9.37. The molecule has 4 unspecified atom stereocenters. The van der Waals surface area contributed by atoms with Crippen LogP contribution >= 0.6 is 0 Å². The van der Waals surface area contributed by atoms with Crippen LogP contribution in [0.5, 0.6) is 0 Å². The van der Waals surface area contributed by atoms with Crippen molar-refractivity contribution in [2.75, 3.05) is 20.3 Å². The van der Waals surface area contributed by atoms with Crippen LogP contribution in [0.15, 0.2) is 0 Å². The molecule has 3 fully saturated rings. The van der Waals surface area contributed by atoms with E-state index >= 15 is 0 Å². The second-order valence-electron chi connectivity index (χ2n) is 7.13. The third-order valence-corrected chi connectivity index (χ3v) is 6.05. The van der Waals surface area contributed by atoms with Crippen molar-refractivity contribution in [1.29, 1.82) is 0 Å². The highest BCUT2D eigenvalue weighted by atomic mass is 32.3. The van der Waals surface area contributed by atoms with Gasteiger partial charge in [-0.3, -0.25) is 8.37 Å². The van der Waals surface area contributed by atoms with E-state index in [0.717, 1.165) is 7.11 Å². The minimum atomic E-state index is -5.23. The highest BCUT2D eigenvalue weighted by Crippen LogP contribution is 2.37. The molecular formula is C14H22O15S2-2. The molecule has 10 atom stereocenters. The van der Waals surface area contributed by atoms with E-state index in [2.05, 4.69) is 8.37 Å². The minimum absolute atomic E-state index is 0.0431. The zero-order valence-corrected chi connectivity index (χ0v) is 17.8. The molecule has 0 amide bonds. The molecule has 0 aliphatic carbocycles. The molecule has 2 N–H and O–H groups in total. The fourth-order valence-corrected chi connectivity index (χ4v) is 4.94. The summed E-state index contributed by atoms with van der Waals surface area (Å²) in [5.74, 6) is 0. The zero-order valence-electron chi connectivity index (χ0n) is 16.2. The first-order chi connectivity index (χ1) is 14.3. The maximum Gasteiger partial charge on any atom is 0.218 e. The molecule has 0 aromatic carbocycles. The van der Waals surface area contributed by atoms with Crippen molar-refractivity contribution in [2.45, 2.75) is 68.1 Å². The lowest BCUT2D eigenvalue weighted by molar-refractivity contribution is -0.326. The summed E-state index contributed by atoms with van der Waals surface area (Å²) in [5, 5.41) is 20.1. The minimum Gasteiger partial charge on any atom is -0.726 e. The molecule has 0 aromatic heterocycles. The summed E-state index contributed by atoms with van der Waals surface area (Å²) in [4.78, 5) is 0. The Morgan fingerprint density at radius 3 is 2.16 bits per heavy atom. The van der Waals surface area contributed by atoms with Gasteiger partial charge in [0.25, 0.3) is 0 Å². The summed E-state index contributed by atoms with van der Waals surface area (Å²) in [6, 6.07) is 0. The number of hydrogen-bond donors (Lipinski definition) is 2. The van der Waals surface area contributed by atoms with Crippen molar-refractivity contribution < 1.29 is 68.2 Å². The maximum atomic E-state index is 11.1. The van der Waals surface area contributed by atoms with E-state index in [1.807, 2.05) is 0 Å². The van der Waals surface area contributed by atoms with E-state index in [0.29, 0.717) is 0 Å². The topological polar surface area (TPSA) is 219 Å². The van der Waals surface area contributed by atoms with E-state index in [4.69, 9.17) is 23.7 Å². The van der Waals surface area contributed by atoms with Crippen LogP contribution in [-0.2, 0) is 52.8 Å². The summed E-state index contributed by atoms with van der Waals surface area (Å²) in [6.45, 7) is 0.605. The fraction of sp³-hybridized carbons (Fsp3) is 1.00. The Bertz CT molecular complexity index is 831. The molecule has 0 radical (unpaired) electrons. The Labute approximate surface area is 178 Å². The number of methoxy groups -OCH3 is 1. The number of ether oxygens (including phenoxy) is 5. The van der Waals surface area contributed by atoms with Crippen LogP contribution in [0.4, 0.5) is 0 Å². The van der Waals surface area contributed by atoms with Crippen molar-refractivity contribution in [3.63, 3.8) is 0 Å². The Hall–Kier alpha value is -0.540. The molecule has 15 nitrogen and oxygen atoms in total. The lowest BCUT2D eigenvalue weighted by Crippen LogP contribution is -2.63. The number of hydrogen-bond acceptors (Lipinski definition) is 15. The van der Waals surface area contributed by atoms with Crippen molar-refractivity contribution in [3.05, 3.63) is 0 Å². The van der Waals surface area contributed by atoms with Gasteiger partial charge in [-0.25, -0.2) is 16.8 Å². The van der Waals surface area contributed by atoms with Crippen molar-refractivity contribution in [3.8, 4) is 0 Å². The standard InChI is InChI=1S/C14H24O15S2/c1-5-9(28-30(17,18)19)13-10(7(25-5)4-24-13)27-14-8(16)12(23-2)11(6(3-15)26-14)29-31(20,21)22/h5-16H,3-4H2,1-2H3,(H,17,18,19)(H,20,21,22)/p-2/t5-,6?,7?,8?,9-,10+,11+,12-,13?,14+/m1/s1. The van der Waals surface area contributed by atoms with Gasteiger partial charge in [0.05, 0.1) is 19.3 Å². The molecule has 182 valence electrons. The maximum absolute atomic E-state index is 11.1. The van der Waals surface area contributed by atoms with Crippen LogP contribution in [-0.4, -0.2) is 118 Å². The van der Waals surface area contributed by atoms with Gasteiger partial charge in [0, 0.05) is 7.11 Å².